The molecule has 0 aliphatic carbocycles. The minimum Gasteiger partial charge on any atom is -0.497 e. The first-order valence-electron chi connectivity index (χ1n) is 5.89. The first-order chi connectivity index (χ1) is 8.52. The zero-order valence-electron chi connectivity index (χ0n) is 11.4. The summed E-state index contributed by atoms with van der Waals surface area (Å²) in [7, 11) is 3.29. The Bertz CT molecular complexity index is 436. The van der Waals surface area contributed by atoms with Gasteiger partial charge in [0.2, 0.25) is 0 Å². The molecule has 0 fully saturated rings. The molecule has 1 aromatic carbocycles. The van der Waals surface area contributed by atoms with Crippen LogP contribution in [0.25, 0.3) is 0 Å². The first kappa shape index (κ1) is 14.3. The van der Waals surface area contributed by atoms with Gasteiger partial charge in [-0.15, -0.1) is 0 Å². The molecule has 0 spiro atoms. The first-order valence-corrected chi connectivity index (χ1v) is 5.89. The van der Waals surface area contributed by atoms with Crippen LogP contribution in [0.2, 0.25) is 0 Å². The van der Waals surface area contributed by atoms with Gasteiger partial charge < -0.3 is 9.47 Å². The number of benzene rings is 1. The van der Waals surface area contributed by atoms with E-state index in [1.807, 2.05) is 32.0 Å². The van der Waals surface area contributed by atoms with E-state index < -0.39 is 5.54 Å². The molecule has 4 nitrogen and oxygen atoms in total. The van der Waals surface area contributed by atoms with E-state index >= 15 is 0 Å². The van der Waals surface area contributed by atoms with Gasteiger partial charge in [-0.25, -0.2) is 0 Å². The van der Waals surface area contributed by atoms with E-state index in [1.54, 1.807) is 14.2 Å². The molecule has 0 atom stereocenters. The van der Waals surface area contributed by atoms with Crippen molar-refractivity contribution in [1.29, 1.82) is 5.26 Å². The molecule has 0 aliphatic rings. The molecule has 0 aromatic heterocycles. The maximum Gasteiger partial charge on any atom is 0.122 e. The lowest BCUT2D eigenvalue weighted by atomic mass is 10.1. The van der Waals surface area contributed by atoms with Gasteiger partial charge in [-0.2, -0.15) is 5.26 Å². The van der Waals surface area contributed by atoms with Crippen LogP contribution in [0.1, 0.15) is 19.4 Å². The third kappa shape index (κ3) is 3.94. The van der Waals surface area contributed by atoms with Crippen LogP contribution in [0.4, 0.5) is 0 Å². The molecule has 0 unspecified atom stereocenters. The van der Waals surface area contributed by atoms with E-state index in [9.17, 15) is 0 Å². The molecular weight excluding hydrogens is 228 g/mol. The Morgan fingerprint density at radius 3 is 2.56 bits per heavy atom. The average Bonchev–Trinajstić information content (AvgIpc) is 2.38. The predicted molar refractivity (Wildman–Crippen MR) is 70.9 cm³/mol. The summed E-state index contributed by atoms with van der Waals surface area (Å²) >= 11 is 0. The van der Waals surface area contributed by atoms with Crippen molar-refractivity contribution < 1.29 is 9.47 Å². The van der Waals surface area contributed by atoms with Crippen molar-refractivity contribution in [2.24, 2.45) is 0 Å². The van der Waals surface area contributed by atoms with Crippen molar-refractivity contribution >= 4 is 0 Å². The second-order valence-corrected chi connectivity index (χ2v) is 4.59. The maximum atomic E-state index is 8.92. The molecule has 18 heavy (non-hydrogen) atoms. The molecule has 0 aliphatic heterocycles. The molecule has 0 heterocycles. The van der Waals surface area contributed by atoms with Gasteiger partial charge in [-0.05, 0) is 44.0 Å². The largest absolute Gasteiger partial charge is 0.497 e. The van der Waals surface area contributed by atoms with E-state index in [0.717, 1.165) is 23.5 Å². The summed E-state index contributed by atoms with van der Waals surface area (Å²) in [6.07, 6.45) is 0.783. The summed E-state index contributed by atoms with van der Waals surface area (Å²) in [6.45, 7) is 4.43. The second kappa shape index (κ2) is 6.27. The Morgan fingerprint density at radius 1 is 1.28 bits per heavy atom. The minimum atomic E-state index is -0.508. The molecule has 0 saturated heterocycles. The van der Waals surface area contributed by atoms with Crippen molar-refractivity contribution in [2.75, 3.05) is 20.8 Å². The van der Waals surface area contributed by atoms with Gasteiger partial charge in [0.05, 0.1) is 20.3 Å². The standard InChI is InChI=1S/C14H20N2O2/c1-14(2,10-15)16-8-7-11-9-12(17-3)5-6-13(11)18-4/h5-6,9,16H,7-8H2,1-4H3. The highest BCUT2D eigenvalue weighted by Gasteiger charge is 2.15. The Balaban J connectivity index is 2.69. The average molecular weight is 248 g/mol. The summed E-state index contributed by atoms with van der Waals surface area (Å²) in [6, 6.07) is 7.93. The second-order valence-electron chi connectivity index (χ2n) is 4.59. The number of nitriles is 1. The van der Waals surface area contributed by atoms with Gasteiger partial charge in [0, 0.05) is 6.54 Å². The van der Waals surface area contributed by atoms with Crippen molar-refractivity contribution in [2.45, 2.75) is 25.8 Å². The van der Waals surface area contributed by atoms with Crippen molar-refractivity contribution in [3.8, 4) is 17.6 Å². The Labute approximate surface area is 109 Å². The minimum absolute atomic E-state index is 0.508. The normalized spacial score (nSPS) is 10.8. The van der Waals surface area contributed by atoms with Crippen LogP contribution in [0.3, 0.4) is 0 Å². The third-order valence-corrected chi connectivity index (χ3v) is 2.73. The van der Waals surface area contributed by atoms with E-state index in [2.05, 4.69) is 11.4 Å². The van der Waals surface area contributed by atoms with E-state index in [-0.39, 0.29) is 0 Å². The highest BCUT2D eigenvalue weighted by atomic mass is 16.5. The lowest BCUT2D eigenvalue weighted by Crippen LogP contribution is -2.38. The highest BCUT2D eigenvalue weighted by Crippen LogP contribution is 2.24. The fourth-order valence-corrected chi connectivity index (χ4v) is 1.63. The van der Waals surface area contributed by atoms with Crippen molar-refractivity contribution in [3.63, 3.8) is 0 Å². The maximum absolute atomic E-state index is 8.92. The van der Waals surface area contributed by atoms with Gasteiger partial charge in [0.15, 0.2) is 0 Å². The summed E-state index contributed by atoms with van der Waals surface area (Å²) < 4.78 is 10.5. The number of nitrogens with one attached hydrogen (secondary N) is 1. The van der Waals surface area contributed by atoms with Gasteiger partial charge in [-0.3, -0.25) is 5.32 Å². The van der Waals surface area contributed by atoms with Crippen LogP contribution in [-0.2, 0) is 6.42 Å². The van der Waals surface area contributed by atoms with E-state index in [4.69, 9.17) is 14.7 Å². The topological polar surface area (TPSA) is 54.3 Å². The lowest BCUT2D eigenvalue weighted by molar-refractivity contribution is 0.397. The predicted octanol–water partition coefficient (Wildman–Crippen LogP) is 2.14. The van der Waals surface area contributed by atoms with Crippen LogP contribution in [0.15, 0.2) is 18.2 Å². The molecule has 0 saturated carbocycles. The molecule has 4 heteroatoms. The van der Waals surface area contributed by atoms with Crippen LogP contribution in [0, 0.1) is 11.3 Å². The fraction of sp³-hybridized carbons (Fsp3) is 0.500. The number of hydrogen-bond acceptors (Lipinski definition) is 4. The smallest absolute Gasteiger partial charge is 0.122 e. The summed E-state index contributed by atoms with van der Waals surface area (Å²) in [5.74, 6) is 1.65. The fourth-order valence-electron chi connectivity index (χ4n) is 1.63. The Morgan fingerprint density at radius 2 is 2.00 bits per heavy atom. The number of methoxy groups -OCH3 is 2. The molecule has 1 aromatic rings. The summed E-state index contributed by atoms with van der Waals surface area (Å²) in [4.78, 5) is 0. The monoisotopic (exact) mass is 248 g/mol. The Kier molecular flexibility index (Phi) is 4.99. The molecule has 1 rings (SSSR count). The molecule has 0 amide bonds. The van der Waals surface area contributed by atoms with E-state index in [1.165, 1.54) is 0 Å². The van der Waals surface area contributed by atoms with Gasteiger partial charge >= 0.3 is 0 Å². The quantitative estimate of drug-likeness (QED) is 0.838. The number of hydrogen-bond donors (Lipinski definition) is 1. The molecule has 0 bridgehead atoms. The number of nitrogens with zero attached hydrogens (tertiary/aromatic N) is 1. The molecular formula is C14H20N2O2. The van der Waals surface area contributed by atoms with Crippen molar-refractivity contribution in [1.82, 2.24) is 5.32 Å². The van der Waals surface area contributed by atoms with Gasteiger partial charge in [0.1, 0.15) is 17.0 Å². The Hall–Kier alpha value is -1.73. The van der Waals surface area contributed by atoms with Crippen LogP contribution >= 0.6 is 0 Å². The number of ether oxygens (including phenoxy) is 2. The third-order valence-electron chi connectivity index (χ3n) is 2.73. The molecule has 0 radical (unpaired) electrons. The van der Waals surface area contributed by atoms with E-state index in [0.29, 0.717) is 6.54 Å². The van der Waals surface area contributed by atoms with Gasteiger partial charge in [-0.1, -0.05) is 0 Å². The highest BCUT2D eigenvalue weighted by molar-refractivity contribution is 5.40. The van der Waals surface area contributed by atoms with Crippen LogP contribution < -0.4 is 14.8 Å². The lowest BCUT2D eigenvalue weighted by Gasteiger charge is -2.18. The van der Waals surface area contributed by atoms with Gasteiger partial charge in [0.25, 0.3) is 0 Å². The SMILES string of the molecule is COc1ccc(OC)c(CCNC(C)(C)C#N)c1. The molecule has 98 valence electrons. The summed E-state index contributed by atoms with van der Waals surface area (Å²) in [5.41, 5.74) is 0.560. The number of rotatable bonds is 6. The summed E-state index contributed by atoms with van der Waals surface area (Å²) in [5, 5.41) is 12.1. The zero-order chi connectivity index (χ0) is 13.6. The molecule has 1 N–H and O–H groups in total. The van der Waals surface area contributed by atoms with Crippen molar-refractivity contribution in [3.05, 3.63) is 23.8 Å². The zero-order valence-corrected chi connectivity index (χ0v) is 11.4. The van der Waals surface area contributed by atoms with Crippen LogP contribution in [0.5, 0.6) is 11.5 Å². The van der Waals surface area contributed by atoms with Crippen LogP contribution in [-0.4, -0.2) is 26.3 Å².